The molecule has 0 aromatic heterocycles. The Hall–Kier alpha value is -1.55. The minimum atomic E-state index is -1.05. The molecule has 1 fully saturated rings. The first-order chi connectivity index (χ1) is 10.8. The zero-order valence-corrected chi connectivity index (χ0v) is 15.4. The van der Waals surface area contributed by atoms with Crippen LogP contribution in [0.1, 0.15) is 19.4 Å². The van der Waals surface area contributed by atoms with Gasteiger partial charge in [-0.2, -0.15) is 0 Å². The van der Waals surface area contributed by atoms with Crippen molar-refractivity contribution in [2.24, 2.45) is 0 Å². The largest absolute Gasteiger partial charge is 0.481 e. The summed E-state index contributed by atoms with van der Waals surface area (Å²) in [5.74, 6) is -0.885. The summed E-state index contributed by atoms with van der Waals surface area (Å²) in [6.45, 7) is 3.16. The molecule has 1 N–H and O–H groups in total. The fraction of sp³-hybridized carbons (Fsp3) is 0.267. The summed E-state index contributed by atoms with van der Waals surface area (Å²) >= 11 is 2.94. The molecule has 2 amide bonds. The predicted molar refractivity (Wildman–Crippen MR) is 95.2 cm³/mol. The van der Waals surface area contributed by atoms with Gasteiger partial charge < -0.3 is 9.84 Å². The second-order valence-electron chi connectivity index (χ2n) is 5.02. The van der Waals surface area contributed by atoms with Crippen LogP contribution in [0, 0.1) is 3.57 Å². The van der Waals surface area contributed by atoms with Crippen LogP contribution in [-0.4, -0.2) is 39.8 Å². The number of ether oxygens (including phenoxy) is 1. The van der Waals surface area contributed by atoms with Crippen LogP contribution in [0.5, 0.6) is 5.75 Å². The molecule has 0 bridgehead atoms. The van der Waals surface area contributed by atoms with Gasteiger partial charge in [-0.3, -0.25) is 14.5 Å². The van der Waals surface area contributed by atoms with Crippen LogP contribution in [0.4, 0.5) is 4.79 Å². The Morgan fingerprint density at radius 3 is 2.65 bits per heavy atom. The van der Waals surface area contributed by atoms with Crippen molar-refractivity contribution in [1.82, 2.24) is 4.90 Å². The van der Waals surface area contributed by atoms with Gasteiger partial charge in [-0.1, -0.05) is 6.07 Å². The van der Waals surface area contributed by atoms with E-state index in [4.69, 9.17) is 9.84 Å². The van der Waals surface area contributed by atoms with Crippen LogP contribution in [0.3, 0.4) is 0 Å². The number of nitrogens with zero attached hydrogens (tertiary/aromatic N) is 1. The Balaban J connectivity index is 2.20. The van der Waals surface area contributed by atoms with Crippen molar-refractivity contribution in [1.29, 1.82) is 0 Å². The van der Waals surface area contributed by atoms with Crippen molar-refractivity contribution in [2.75, 3.05) is 6.61 Å². The van der Waals surface area contributed by atoms with Gasteiger partial charge in [0.05, 0.1) is 8.48 Å². The molecular weight excluding hydrogens is 433 g/mol. The van der Waals surface area contributed by atoms with Gasteiger partial charge in [-0.05, 0) is 72.0 Å². The highest BCUT2D eigenvalue weighted by Crippen LogP contribution is 2.34. The zero-order chi connectivity index (χ0) is 17.1. The smallest absolute Gasteiger partial charge is 0.341 e. The van der Waals surface area contributed by atoms with E-state index < -0.39 is 12.6 Å². The van der Waals surface area contributed by atoms with Crippen LogP contribution >= 0.6 is 34.4 Å². The summed E-state index contributed by atoms with van der Waals surface area (Å²) in [7, 11) is 0. The molecule has 8 heteroatoms. The molecule has 6 nitrogen and oxygen atoms in total. The van der Waals surface area contributed by atoms with Gasteiger partial charge in [-0.15, -0.1) is 0 Å². The number of carboxylic acid groups (broad SMARTS) is 1. The maximum atomic E-state index is 12.2. The number of carboxylic acids is 1. The Kier molecular flexibility index (Phi) is 5.69. The summed E-state index contributed by atoms with van der Waals surface area (Å²) in [5.41, 5.74) is 0.742. The van der Waals surface area contributed by atoms with Crippen LogP contribution < -0.4 is 4.74 Å². The van der Waals surface area contributed by atoms with Crippen LogP contribution in [0.15, 0.2) is 23.1 Å². The quantitative estimate of drug-likeness (QED) is 0.552. The number of thioether (sulfide) groups is 1. The molecule has 0 radical (unpaired) electrons. The highest BCUT2D eigenvalue weighted by Gasteiger charge is 2.36. The van der Waals surface area contributed by atoms with Crippen molar-refractivity contribution < 1.29 is 24.2 Å². The standard InChI is InChI=1S/C15H14INO5S/c1-8(2)17-14(20)12(23-15(17)21)6-9-3-4-11(10(16)5-9)22-7-13(18)19/h3-6,8H,7H2,1-2H3,(H,18,19)/b12-6+. The minimum absolute atomic E-state index is 0.180. The molecule has 122 valence electrons. The predicted octanol–water partition coefficient (Wildman–Crippen LogP) is 3.20. The van der Waals surface area contributed by atoms with E-state index in [1.54, 1.807) is 38.1 Å². The first-order valence-electron chi connectivity index (χ1n) is 6.71. The molecule has 0 aliphatic carbocycles. The summed E-state index contributed by atoms with van der Waals surface area (Å²) in [5, 5.41) is 8.35. The van der Waals surface area contributed by atoms with E-state index in [1.807, 2.05) is 22.6 Å². The Bertz CT molecular complexity index is 701. The lowest BCUT2D eigenvalue weighted by Crippen LogP contribution is -2.34. The third-order valence-electron chi connectivity index (χ3n) is 2.94. The van der Waals surface area contributed by atoms with E-state index in [1.165, 1.54) is 4.90 Å². The molecule has 0 unspecified atom stereocenters. The Morgan fingerprint density at radius 2 is 2.13 bits per heavy atom. The van der Waals surface area contributed by atoms with E-state index in [0.717, 1.165) is 20.9 Å². The average molecular weight is 447 g/mol. The SMILES string of the molecule is CC(C)N1C(=O)S/C(=C/c2ccc(OCC(=O)O)c(I)c2)C1=O. The topological polar surface area (TPSA) is 83.9 Å². The van der Waals surface area contributed by atoms with E-state index in [9.17, 15) is 14.4 Å². The average Bonchev–Trinajstić information content (AvgIpc) is 2.72. The van der Waals surface area contributed by atoms with Crippen molar-refractivity contribution in [3.63, 3.8) is 0 Å². The highest BCUT2D eigenvalue weighted by molar-refractivity contribution is 14.1. The fourth-order valence-corrected chi connectivity index (χ4v) is 3.60. The van der Waals surface area contributed by atoms with Gasteiger partial charge in [0.1, 0.15) is 5.75 Å². The number of carbonyl (C=O) groups excluding carboxylic acids is 2. The lowest BCUT2D eigenvalue weighted by molar-refractivity contribution is -0.139. The van der Waals surface area contributed by atoms with E-state index >= 15 is 0 Å². The number of imide groups is 1. The molecule has 23 heavy (non-hydrogen) atoms. The molecule has 0 spiro atoms. The van der Waals surface area contributed by atoms with Crippen LogP contribution in [0.25, 0.3) is 6.08 Å². The highest BCUT2D eigenvalue weighted by atomic mass is 127. The monoisotopic (exact) mass is 447 g/mol. The van der Waals surface area contributed by atoms with E-state index in [0.29, 0.717) is 10.7 Å². The van der Waals surface area contributed by atoms with Crippen molar-refractivity contribution in [2.45, 2.75) is 19.9 Å². The summed E-state index contributed by atoms with van der Waals surface area (Å²) < 4.78 is 5.87. The van der Waals surface area contributed by atoms with Gasteiger partial charge >= 0.3 is 5.97 Å². The number of rotatable bonds is 5. The summed E-state index contributed by atoms with van der Waals surface area (Å²) in [6, 6.07) is 4.94. The molecule has 0 saturated carbocycles. The number of amides is 2. The second kappa shape index (κ2) is 7.35. The molecule has 1 heterocycles. The maximum absolute atomic E-state index is 12.2. The molecular formula is C15H14INO5S. The van der Waals surface area contributed by atoms with Gasteiger partial charge in [0.2, 0.25) is 0 Å². The van der Waals surface area contributed by atoms with Crippen molar-refractivity contribution in [3.05, 3.63) is 32.2 Å². The molecule has 2 rings (SSSR count). The van der Waals surface area contributed by atoms with Gasteiger partial charge in [0.15, 0.2) is 6.61 Å². The minimum Gasteiger partial charge on any atom is -0.481 e. The van der Waals surface area contributed by atoms with Crippen molar-refractivity contribution in [3.8, 4) is 5.75 Å². The maximum Gasteiger partial charge on any atom is 0.341 e. The third kappa shape index (κ3) is 4.25. The first kappa shape index (κ1) is 17.8. The molecule has 1 aromatic carbocycles. The number of hydrogen-bond acceptors (Lipinski definition) is 5. The first-order valence-corrected chi connectivity index (χ1v) is 8.60. The number of hydrogen-bond donors (Lipinski definition) is 1. The van der Waals surface area contributed by atoms with Crippen LogP contribution in [-0.2, 0) is 9.59 Å². The molecule has 1 aliphatic heterocycles. The van der Waals surface area contributed by atoms with E-state index in [2.05, 4.69) is 0 Å². The molecule has 1 aromatic rings. The van der Waals surface area contributed by atoms with Gasteiger partial charge in [0, 0.05) is 6.04 Å². The molecule has 1 saturated heterocycles. The second-order valence-corrected chi connectivity index (χ2v) is 7.17. The van der Waals surface area contributed by atoms with Crippen molar-refractivity contribution >= 4 is 57.5 Å². The summed E-state index contributed by atoms with van der Waals surface area (Å²) in [6.07, 6.45) is 1.65. The van der Waals surface area contributed by atoms with E-state index in [-0.39, 0.29) is 17.2 Å². The number of halogens is 1. The number of carbonyl (C=O) groups is 3. The lowest BCUT2D eigenvalue weighted by Gasteiger charge is -2.16. The Morgan fingerprint density at radius 1 is 1.43 bits per heavy atom. The Labute approximate surface area is 151 Å². The number of aliphatic carboxylic acids is 1. The molecule has 0 atom stereocenters. The summed E-state index contributed by atoms with van der Waals surface area (Å²) in [4.78, 5) is 36.2. The fourth-order valence-electron chi connectivity index (χ4n) is 1.94. The number of benzene rings is 1. The zero-order valence-electron chi connectivity index (χ0n) is 12.4. The molecule has 1 aliphatic rings. The van der Waals surface area contributed by atoms with Gasteiger partial charge in [-0.25, -0.2) is 4.79 Å². The van der Waals surface area contributed by atoms with Gasteiger partial charge in [0.25, 0.3) is 11.1 Å². The normalized spacial score (nSPS) is 16.5. The lowest BCUT2D eigenvalue weighted by atomic mass is 10.2. The van der Waals surface area contributed by atoms with Crippen LogP contribution in [0.2, 0.25) is 0 Å². The third-order valence-corrected chi connectivity index (χ3v) is 4.67.